The van der Waals surface area contributed by atoms with E-state index in [0.29, 0.717) is 12.7 Å². The minimum Gasteiger partial charge on any atom is -0.494 e. The van der Waals surface area contributed by atoms with Crippen molar-refractivity contribution in [3.8, 4) is 16.9 Å². The van der Waals surface area contributed by atoms with Crippen LogP contribution in [0, 0.1) is 17.5 Å². The molecule has 1 aliphatic heterocycles. The van der Waals surface area contributed by atoms with Crippen LogP contribution < -0.4 is 4.74 Å². The van der Waals surface area contributed by atoms with Gasteiger partial charge in [0.15, 0.2) is 11.6 Å². The maximum atomic E-state index is 14.7. The Morgan fingerprint density at radius 1 is 1.04 bits per heavy atom. The van der Waals surface area contributed by atoms with E-state index >= 15 is 0 Å². The summed E-state index contributed by atoms with van der Waals surface area (Å²) < 4.78 is 53.5. The largest absolute Gasteiger partial charge is 0.494 e. The molecule has 146 valence electrons. The first-order valence-electron chi connectivity index (χ1n) is 9.48. The molecule has 2 unspecified atom stereocenters. The molecule has 0 aliphatic carbocycles. The lowest BCUT2D eigenvalue weighted by molar-refractivity contribution is -0.00193. The van der Waals surface area contributed by atoms with Gasteiger partial charge in [-0.1, -0.05) is 31.9 Å². The summed E-state index contributed by atoms with van der Waals surface area (Å²) in [5.41, 5.74) is 0.756. The molecule has 2 nitrogen and oxygen atoms in total. The van der Waals surface area contributed by atoms with Gasteiger partial charge in [0.1, 0.15) is 5.82 Å². The Morgan fingerprint density at radius 2 is 1.81 bits per heavy atom. The number of hydrogen-bond donors (Lipinski definition) is 0. The highest BCUT2D eigenvalue weighted by molar-refractivity contribution is 5.66. The van der Waals surface area contributed by atoms with Crippen LogP contribution in [0.1, 0.15) is 50.5 Å². The number of ether oxygens (including phenoxy) is 2. The van der Waals surface area contributed by atoms with Gasteiger partial charge in [-0.25, -0.2) is 8.78 Å². The molecule has 0 amide bonds. The van der Waals surface area contributed by atoms with E-state index in [2.05, 4.69) is 6.92 Å². The molecule has 2 atom stereocenters. The number of halogens is 3. The smallest absolute Gasteiger partial charge is 0.201 e. The first kappa shape index (κ1) is 19.7. The lowest BCUT2D eigenvalue weighted by Gasteiger charge is -2.29. The third-order valence-corrected chi connectivity index (χ3v) is 5.27. The summed E-state index contributed by atoms with van der Waals surface area (Å²) in [4.78, 5) is 0. The first-order valence-corrected chi connectivity index (χ1v) is 9.48. The van der Waals surface area contributed by atoms with Gasteiger partial charge in [-0.2, -0.15) is 4.39 Å². The van der Waals surface area contributed by atoms with Crippen molar-refractivity contribution >= 4 is 0 Å². The first-order chi connectivity index (χ1) is 13.0. The highest BCUT2D eigenvalue weighted by atomic mass is 19.2. The second-order valence-electron chi connectivity index (χ2n) is 7.05. The average Bonchev–Trinajstić information content (AvgIpc) is 2.69. The van der Waals surface area contributed by atoms with E-state index in [9.17, 15) is 13.2 Å². The van der Waals surface area contributed by atoms with Crippen LogP contribution in [-0.2, 0) is 4.74 Å². The van der Waals surface area contributed by atoms with Crippen LogP contribution in [0.4, 0.5) is 13.2 Å². The van der Waals surface area contributed by atoms with E-state index in [-0.39, 0.29) is 22.8 Å². The van der Waals surface area contributed by atoms with Crippen LogP contribution in [-0.4, -0.2) is 19.8 Å². The van der Waals surface area contributed by atoms with Crippen molar-refractivity contribution < 1.29 is 22.6 Å². The molecule has 1 heterocycles. The van der Waals surface area contributed by atoms with Crippen molar-refractivity contribution in [1.29, 1.82) is 0 Å². The Morgan fingerprint density at radius 3 is 2.44 bits per heavy atom. The van der Waals surface area contributed by atoms with Gasteiger partial charge >= 0.3 is 0 Å². The fourth-order valence-corrected chi connectivity index (χ4v) is 3.63. The van der Waals surface area contributed by atoms with Crippen molar-refractivity contribution in [3.63, 3.8) is 0 Å². The molecule has 5 heteroatoms. The Hall–Kier alpha value is -2.01. The maximum Gasteiger partial charge on any atom is 0.201 e. The van der Waals surface area contributed by atoms with Crippen LogP contribution in [0.3, 0.4) is 0 Å². The van der Waals surface area contributed by atoms with Gasteiger partial charge in [0.2, 0.25) is 5.82 Å². The van der Waals surface area contributed by atoms with Crippen LogP contribution >= 0.6 is 0 Å². The third-order valence-electron chi connectivity index (χ3n) is 5.27. The molecular formula is C22H25F3O2. The Labute approximate surface area is 158 Å². The summed E-state index contributed by atoms with van der Waals surface area (Å²) >= 11 is 0. The molecule has 2 aromatic rings. The fraction of sp³-hybridized carbons (Fsp3) is 0.455. The number of methoxy groups -OCH3 is 1. The van der Waals surface area contributed by atoms with E-state index in [1.807, 2.05) is 0 Å². The lowest BCUT2D eigenvalue weighted by atomic mass is 9.89. The number of benzene rings is 2. The van der Waals surface area contributed by atoms with Crippen molar-refractivity contribution in [2.24, 2.45) is 0 Å². The molecule has 0 spiro atoms. The highest BCUT2D eigenvalue weighted by Crippen LogP contribution is 2.35. The summed E-state index contributed by atoms with van der Waals surface area (Å²) in [7, 11) is 1.26. The summed E-state index contributed by atoms with van der Waals surface area (Å²) in [6, 6.07) is 7.33. The van der Waals surface area contributed by atoms with E-state index in [4.69, 9.17) is 9.47 Å². The SMILES string of the molecule is CCCCC1CCC(c2ccc(-c3ccc(OC)c(F)c3F)c(F)c2)CO1. The molecule has 0 bridgehead atoms. The van der Waals surface area contributed by atoms with Gasteiger partial charge in [0, 0.05) is 17.0 Å². The zero-order valence-corrected chi connectivity index (χ0v) is 15.7. The van der Waals surface area contributed by atoms with Gasteiger partial charge in [-0.3, -0.25) is 0 Å². The molecule has 0 aromatic heterocycles. The molecule has 1 aliphatic rings. The molecule has 1 saturated heterocycles. The van der Waals surface area contributed by atoms with Crippen molar-refractivity contribution in [2.45, 2.75) is 51.0 Å². The molecule has 27 heavy (non-hydrogen) atoms. The van der Waals surface area contributed by atoms with E-state index < -0.39 is 17.5 Å². The van der Waals surface area contributed by atoms with E-state index in [1.54, 1.807) is 6.07 Å². The van der Waals surface area contributed by atoms with Crippen LogP contribution in [0.5, 0.6) is 5.75 Å². The maximum absolute atomic E-state index is 14.7. The normalized spacial score (nSPS) is 19.9. The lowest BCUT2D eigenvalue weighted by Crippen LogP contribution is -2.24. The van der Waals surface area contributed by atoms with Gasteiger partial charge < -0.3 is 9.47 Å². The molecule has 0 radical (unpaired) electrons. The molecule has 0 saturated carbocycles. The predicted octanol–water partition coefficient (Wildman–Crippen LogP) is 6.23. The zero-order chi connectivity index (χ0) is 19.4. The van der Waals surface area contributed by atoms with Gasteiger partial charge in [-0.05, 0) is 43.0 Å². The van der Waals surface area contributed by atoms with Crippen molar-refractivity contribution in [3.05, 3.63) is 53.3 Å². The minimum atomic E-state index is -1.11. The highest BCUT2D eigenvalue weighted by Gasteiger charge is 2.24. The third kappa shape index (κ3) is 4.29. The topological polar surface area (TPSA) is 18.5 Å². The summed E-state index contributed by atoms with van der Waals surface area (Å²) in [5.74, 6) is -2.86. The Kier molecular flexibility index (Phi) is 6.42. The van der Waals surface area contributed by atoms with Crippen LogP contribution in [0.25, 0.3) is 11.1 Å². The molecular weight excluding hydrogens is 353 g/mol. The standard InChI is InChI=1S/C22H25F3O2/c1-3-4-5-16-8-6-15(13-27-16)14-7-9-17(19(23)12-14)18-10-11-20(26-2)22(25)21(18)24/h7,9-12,15-16H,3-6,8,13H2,1-2H3. The number of unbranched alkanes of at least 4 members (excludes halogenated alkanes) is 1. The quantitative estimate of drug-likeness (QED) is 0.593. The predicted molar refractivity (Wildman–Crippen MR) is 99.5 cm³/mol. The van der Waals surface area contributed by atoms with Crippen LogP contribution in [0.2, 0.25) is 0 Å². The number of hydrogen-bond acceptors (Lipinski definition) is 2. The Balaban J connectivity index is 1.76. The van der Waals surface area contributed by atoms with E-state index in [1.165, 1.54) is 31.4 Å². The van der Waals surface area contributed by atoms with Gasteiger partial charge in [0.25, 0.3) is 0 Å². The second-order valence-corrected chi connectivity index (χ2v) is 7.05. The second kappa shape index (κ2) is 8.79. The molecule has 0 N–H and O–H groups in total. The summed E-state index contributed by atoms with van der Waals surface area (Å²) in [6.45, 7) is 2.73. The number of rotatable bonds is 6. The van der Waals surface area contributed by atoms with Crippen molar-refractivity contribution in [2.75, 3.05) is 13.7 Å². The Bertz CT molecular complexity index is 783. The summed E-state index contributed by atoms with van der Waals surface area (Å²) in [5, 5.41) is 0. The monoisotopic (exact) mass is 378 g/mol. The zero-order valence-electron chi connectivity index (χ0n) is 15.7. The minimum absolute atomic E-state index is 0.0374. The van der Waals surface area contributed by atoms with Gasteiger partial charge in [-0.15, -0.1) is 0 Å². The average molecular weight is 378 g/mol. The van der Waals surface area contributed by atoms with Crippen LogP contribution in [0.15, 0.2) is 30.3 Å². The summed E-state index contributed by atoms with van der Waals surface area (Å²) in [6.07, 6.45) is 5.58. The van der Waals surface area contributed by atoms with Crippen molar-refractivity contribution in [1.82, 2.24) is 0 Å². The van der Waals surface area contributed by atoms with Gasteiger partial charge in [0.05, 0.1) is 19.8 Å². The molecule has 1 fully saturated rings. The molecule has 3 rings (SSSR count). The van der Waals surface area contributed by atoms with E-state index in [0.717, 1.165) is 37.7 Å². The fourth-order valence-electron chi connectivity index (χ4n) is 3.63. The molecule has 2 aromatic carbocycles.